The van der Waals surface area contributed by atoms with Gasteiger partial charge < -0.3 is 35.1 Å². The van der Waals surface area contributed by atoms with Gasteiger partial charge in [0.05, 0.1) is 17.3 Å². The van der Waals surface area contributed by atoms with Crippen LogP contribution in [0.15, 0.2) is 163 Å². The number of para-hydroxylation sites is 1. The molecule has 0 spiro atoms. The summed E-state index contributed by atoms with van der Waals surface area (Å²) in [5.74, 6) is 0.569. The number of hydrogen-bond donors (Lipinski definition) is 5. The molecule has 10 heteroatoms. The molecule has 1 atom stereocenters. The van der Waals surface area contributed by atoms with E-state index in [1.54, 1.807) is 6.07 Å². The average Bonchev–Trinajstić information content (AvgIpc) is 3.32. The van der Waals surface area contributed by atoms with Crippen LogP contribution in [0.25, 0.3) is 22.0 Å². The highest BCUT2D eigenvalue weighted by Gasteiger charge is 2.23. The lowest BCUT2D eigenvalue weighted by molar-refractivity contribution is 0.0587. The molecule has 6 aromatic carbocycles. The van der Waals surface area contributed by atoms with E-state index in [4.69, 9.17) is 9.47 Å². The van der Waals surface area contributed by atoms with Gasteiger partial charge in [-0.1, -0.05) is 109 Å². The van der Waals surface area contributed by atoms with Gasteiger partial charge in [-0.25, -0.2) is 4.79 Å². The smallest absolute Gasteiger partial charge is 0.411 e. The first-order chi connectivity index (χ1) is 30.9. The molecule has 1 saturated heterocycles. The van der Waals surface area contributed by atoms with Crippen LogP contribution < -0.4 is 26.2 Å². The molecule has 0 radical (unpaired) electrons. The molecular formula is C53H55N5O5. The maximum atomic E-state index is 12.8. The molecule has 1 aliphatic heterocycles. The van der Waals surface area contributed by atoms with Gasteiger partial charge in [-0.15, -0.1) is 0 Å². The molecule has 1 aromatic heterocycles. The minimum absolute atomic E-state index is 0.0798. The summed E-state index contributed by atoms with van der Waals surface area (Å²) in [6.07, 6.45) is 3.33. The van der Waals surface area contributed by atoms with Gasteiger partial charge in [0.25, 0.3) is 0 Å². The molecule has 8 rings (SSSR count). The lowest BCUT2D eigenvalue weighted by Crippen LogP contribution is -2.39. The zero-order chi connectivity index (χ0) is 43.2. The Labute approximate surface area is 368 Å². The van der Waals surface area contributed by atoms with Crippen LogP contribution in [-0.2, 0) is 24.2 Å². The Morgan fingerprint density at radius 1 is 0.730 bits per heavy atom. The molecule has 1 fully saturated rings. The first-order valence-electron chi connectivity index (χ1n) is 21.9. The third-order valence-corrected chi connectivity index (χ3v) is 11.6. The average molecular weight is 842 g/mol. The number of likely N-dealkylation sites (tertiary alicyclic amines) is 1. The van der Waals surface area contributed by atoms with Gasteiger partial charge in [0.15, 0.2) is 0 Å². The summed E-state index contributed by atoms with van der Waals surface area (Å²) < 4.78 is 11.9. The zero-order valence-corrected chi connectivity index (χ0v) is 35.5. The third kappa shape index (κ3) is 12.0. The molecule has 1 aliphatic rings. The molecule has 0 unspecified atom stereocenters. The molecule has 63 heavy (non-hydrogen) atoms. The lowest BCUT2D eigenvalue weighted by Gasteiger charge is -2.31. The summed E-state index contributed by atoms with van der Waals surface area (Å²) in [6, 6.07) is 51.7. The van der Waals surface area contributed by atoms with Crippen molar-refractivity contribution in [3.63, 3.8) is 0 Å². The van der Waals surface area contributed by atoms with E-state index < -0.39 is 12.2 Å². The number of aliphatic hydroxyl groups excluding tert-OH is 1. The molecule has 0 bridgehead atoms. The van der Waals surface area contributed by atoms with Gasteiger partial charge in [-0.3, -0.25) is 10.1 Å². The molecule has 1 amide bonds. The Balaban J connectivity index is 0.718. The van der Waals surface area contributed by atoms with E-state index in [0.717, 1.165) is 96.4 Å². The second-order valence-electron chi connectivity index (χ2n) is 16.1. The molecule has 0 aliphatic carbocycles. The van der Waals surface area contributed by atoms with E-state index in [2.05, 4.69) is 74.4 Å². The maximum Gasteiger partial charge on any atom is 0.411 e. The summed E-state index contributed by atoms with van der Waals surface area (Å²) in [4.78, 5) is 30.4. The van der Waals surface area contributed by atoms with Gasteiger partial charge in [-0.2, -0.15) is 0 Å². The van der Waals surface area contributed by atoms with E-state index in [9.17, 15) is 14.7 Å². The number of fused-ring (bicyclic) bond motifs is 1. The molecule has 10 nitrogen and oxygen atoms in total. The number of hydrogen-bond acceptors (Lipinski definition) is 8. The monoisotopic (exact) mass is 841 g/mol. The Bertz CT molecular complexity index is 2590. The van der Waals surface area contributed by atoms with E-state index in [1.807, 2.05) is 97.1 Å². The fourth-order valence-electron chi connectivity index (χ4n) is 8.16. The van der Waals surface area contributed by atoms with Gasteiger partial charge >= 0.3 is 6.09 Å². The number of pyridine rings is 1. The van der Waals surface area contributed by atoms with Crippen molar-refractivity contribution >= 4 is 34.1 Å². The highest BCUT2D eigenvalue weighted by molar-refractivity contribution is 5.91. The minimum atomic E-state index is -0.763. The second-order valence-corrected chi connectivity index (χ2v) is 16.1. The maximum absolute atomic E-state index is 12.8. The molecule has 2 heterocycles. The molecule has 0 saturated carbocycles. The van der Waals surface area contributed by atoms with E-state index >= 15 is 0 Å². The lowest BCUT2D eigenvalue weighted by atomic mass is 10.0. The summed E-state index contributed by atoms with van der Waals surface area (Å²) >= 11 is 0. The van der Waals surface area contributed by atoms with Crippen LogP contribution in [-0.4, -0.2) is 59.9 Å². The number of aromatic amines is 1. The Kier molecular flexibility index (Phi) is 14.6. The van der Waals surface area contributed by atoms with Crippen molar-refractivity contribution < 1.29 is 19.4 Å². The van der Waals surface area contributed by atoms with Crippen LogP contribution in [0.5, 0.6) is 5.75 Å². The normalized spacial score (nSPS) is 13.7. The Hall–Kier alpha value is -6.72. The topological polar surface area (TPSA) is 128 Å². The molecule has 7 aromatic rings. The van der Waals surface area contributed by atoms with Gasteiger partial charge in [0.1, 0.15) is 18.5 Å². The molecule has 322 valence electrons. The SMILES string of the molecule is O=C(Nc1ccccc1-c1ccccc1)OC1CCN(CCCc2ccc(Nc3ccc(CCNC[C@H](O)c4ccc(OCc5ccccc5)c5[nH]c(=O)ccc45)cc3)cc2)CC1. The number of carbonyl (C=O) groups is 1. The van der Waals surface area contributed by atoms with Crippen molar-refractivity contribution in [1.82, 2.24) is 15.2 Å². The van der Waals surface area contributed by atoms with Crippen LogP contribution in [0.1, 0.15) is 47.6 Å². The van der Waals surface area contributed by atoms with Gasteiger partial charge in [0, 0.05) is 48.0 Å². The number of nitrogens with one attached hydrogen (secondary N) is 4. The Morgan fingerprint density at radius 3 is 2.13 bits per heavy atom. The van der Waals surface area contributed by atoms with Crippen LogP contribution >= 0.6 is 0 Å². The first kappa shape index (κ1) is 42.9. The quantitative estimate of drug-likeness (QED) is 0.0541. The summed E-state index contributed by atoms with van der Waals surface area (Å²) in [6.45, 7) is 4.31. The number of benzene rings is 6. The van der Waals surface area contributed by atoms with Crippen LogP contribution in [0.2, 0.25) is 0 Å². The third-order valence-electron chi connectivity index (χ3n) is 11.6. The van der Waals surface area contributed by atoms with Crippen molar-refractivity contribution in [2.24, 2.45) is 0 Å². The fraction of sp³-hybridized carbons (Fsp3) is 0.245. The number of aromatic nitrogens is 1. The largest absolute Gasteiger partial charge is 0.487 e. The first-order valence-corrected chi connectivity index (χ1v) is 21.9. The standard InChI is InChI=1S/C53H55N5O5/c59-49(46-25-27-50(52-47(46)26-28-51(60)57-52)62-37-40-10-3-1-4-11-40)36-54-32-29-39-19-23-43(24-20-39)55-42-21-17-38(18-22-42)12-9-33-58-34-30-44(31-35-58)63-53(61)56-48-16-8-7-15-45(48)41-13-5-2-6-14-41/h1-8,10-11,13-28,44,49,54-55,59H,9,12,29-37H2,(H,56,61)(H,57,60)/t49-/m0/s1. The number of aliphatic hydroxyl groups is 1. The number of ether oxygens (including phenoxy) is 2. The van der Waals surface area contributed by atoms with Crippen molar-refractivity contribution in [1.29, 1.82) is 0 Å². The number of aryl methyl sites for hydroxylation is 1. The van der Waals surface area contributed by atoms with Crippen LogP contribution in [0, 0.1) is 0 Å². The van der Waals surface area contributed by atoms with E-state index in [1.165, 1.54) is 17.2 Å². The minimum Gasteiger partial charge on any atom is -0.487 e. The number of amides is 1. The molecule has 5 N–H and O–H groups in total. The second kappa shape index (κ2) is 21.4. The highest BCUT2D eigenvalue weighted by atomic mass is 16.6. The highest BCUT2D eigenvalue weighted by Crippen LogP contribution is 2.31. The van der Waals surface area contributed by atoms with E-state index in [0.29, 0.717) is 31.0 Å². The zero-order valence-electron chi connectivity index (χ0n) is 35.5. The summed E-state index contributed by atoms with van der Waals surface area (Å²) in [5.41, 5.74) is 9.47. The number of nitrogens with zero attached hydrogens (tertiary/aromatic N) is 1. The van der Waals surface area contributed by atoms with Crippen LogP contribution in [0.4, 0.5) is 21.9 Å². The van der Waals surface area contributed by atoms with Gasteiger partial charge in [-0.05, 0) is 115 Å². The molecular weight excluding hydrogens is 787 g/mol. The summed E-state index contributed by atoms with van der Waals surface area (Å²) in [7, 11) is 0. The van der Waals surface area contributed by atoms with E-state index in [-0.39, 0.29) is 11.7 Å². The van der Waals surface area contributed by atoms with Crippen molar-refractivity contribution in [2.75, 3.05) is 43.4 Å². The predicted octanol–water partition coefficient (Wildman–Crippen LogP) is 10.0. The number of piperidine rings is 1. The number of anilines is 3. The summed E-state index contributed by atoms with van der Waals surface area (Å²) in [5, 5.41) is 21.8. The number of rotatable bonds is 18. The fourth-order valence-corrected chi connectivity index (χ4v) is 8.16. The van der Waals surface area contributed by atoms with Gasteiger partial charge in [0.2, 0.25) is 5.56 Å². The van der Waals surface area contributed by atoms with Crippen molar-refractivity contribution in [2.45, 2.75) is 50.9 Å². The van der Waals surface area contributed by atoms with Crippen molar-refractivity contribution in [3.8, 4) is 16.9 Å². The van der Waals surface area contributed by atoms with Crippen molar-refractivity contribution in [3.05, 3.63) is 190 Å². The predicted molar refractivity (Wildman–Crippen MR) is 253 cm³/mol. The van der Waals surface area contributed by atoms with Crippen LogP contribution in [0.3, 0.4) is 0 Å². The number of carbonyl (C=O) groups excluding carboxylic acids is 1. The number of H-pyrrole nitrogens is 1. The Morgan fingerprint density at radius 2 is 1.40 bits per heavy atom.